The van der Waals surface area contributed by atoms with Crippen LogP contribution in [0.5, 0.6) is 0 Å². The van der Waals surface area contributed by atoms with E-state index < -0.39 is 0 Å². The second-order valence-corrected chi connectivity index (χ2v) is 12.9. The average Bonchev–Trinajstić information content (AvgIpc) is 2.92. The Labute approximate surface area is 243 Å². The fraction of sp³-hybridized carbons (Fsp3) is 0.486. The summed E-state index contributed by atoms with van der Waals surface area (Å²) in [6, 6.07) is 17.7. The fourth-order valence-corrected chi connectivity index (χ4v) is 6.58. The van der Waals surface area contributed by atoms with Crippen molar-refractivity contribution >= 4 is 11.3 Å². The van der Waals surface area contributed by atoms with Crippen molar-refractivity contribution in [2.45, 2.75) is 84.6 Å². The quantitative estimate of drug-likeness (QED) is 0.298. The Balaban J connectivity index is 0.00000141. The highest BCUT2D eigenvalue weighted by Gasteiger charge is 2.30. The molecule has 0 amide bonds. The predicted molar refractivity (Wildman–Crippen MR) is 173 cm³/mol. The average molecular weight is 544 g/mol. The molecule has 0 spiro atoms. The smallest absolute Gasteiger partial charge is 0.101 e. The molecule has 0 radical (unpaired) electrons. The van der Waals surface area contributed by atoms with Crippen LogP contribution in [0.25, 0.3) is 11.3 Å². The first kappa shape index (κ1) is 31.3. The van der Waals surface area contributed by atoms with Crippen molar-refractivity contribution in [3.05, 3.63) is 95.5 Å². The van der Waals surface area contributed by atoms with Crippen molar-refractivity contribution in [3.63, 3.8) is 0 Å². The number of nitrogens with zero attached hydrogens (tertiary/aromatic N) is 1. The zero-order valence-electron chi connectivity index (χ0n) is 25.3. The topological polar surface area (TPSA) is 107 Å². The Hall–Kier alpha value is -3.18. The van der Waals surface area contributed by atoms with E-state index in [0.29, 0.717) is 17.0 Å². The molecular weight excluding hydrogens is 490 g/mol. The normalized spacial score (nSPS) is 20.8. The van der Waals surface area contributed by atoms with Gasteiger partial charge in [0.2, 0.25) is 0 Å². The number of rotatable bonds is 6. The minimum Gasteiger partial charge on any atom is -0.405 e. The molecule has 1 aliphatic carbocycles. The van der Waals surface area contributed by atoms with Crippen molar-refractivity contribution < 1.29 is 0 Å². The van der Waals surface area contributed by atoms with Gasteiger partial charge in [-0.05, 0) is 111 Å². The third-order valence-corrected chi connectivity index (χ3v) is 8.52. The van der Waals surface area contributed by atoms with Crippen LogP contribution in [-0.4, -0.2) is 24.0 Å². The van der Waals surface area contributed by atoms with E-state index in [2.05, 4.69) is 75.2 Å². The summed E-state index contributed by atoms with van der Waals surface area (Å²) in [5.41, 5.74) is 29.7. The molecule has 2 fully saturated rings. The molecule has 2 aromatic carbocycles. The van der Waals surface area contributed by atoms with E-state index in [1.165, 1.54) is 69.8 Å². The van der Waals surface area contributed by atoms with Crippen molar-refractivity contribution in [2.75, 3.05) is 13.1 Å². The number of benzene rings is 2. The summed E-state index contributed by atoms with van der Waals surface area (Å²) in [5, 5.41) is 0. The molecule has 5 heteroatoms. The molecule has 1 heterocycles. The maximum absolute atomic E-state index is 6.44. The van der Waals surface area contributed by atoms with Crippen LogP contribution in [0.4, 0.5) is 0 Å². The second-order valence-electron chi connectivity index (χ2n) is 12.9. The van der Waals surface area contributed by atoms with Crippen molar-refractivity contribution in [3.8, 4) is 0 Å². The Morgan fingerprint density at radius 2 is 1.48 bits per heavy atom. The number of aryl methyl sites for hydroxylation is 1. The zero-order valence-corrected chi connectivity index (χ0v) is 25.3. The Kier molecular flexibility index (Phi) is 11.3. The van der Waals surface area contributed by atoms with Gasteiger partial charge in [0.15, 0.2) is 0 Å². The molecule has 1 aliphatic heterocycles. The molecule has 0 atom stereocenters. The van der Waals surface area contributed by atoms with Gasteiger partial charge in [-0.1, -0.05) is 75.9 Å². The SMILES string of the molecule is C=CN.Cc1ccccc1/C(N)=C/C(=C(N)N)c1ccc(C2CCN(C3CCC(CC(C)(C)C)CC3)CC2)cc1. The first-order valence-corrected chi connectivity index (χ1v) is 15.0. The summed E-state index contributed by atoms with van der Waals surface area (Å²) in [6.07, 6.45) is 12.6. The molecule has 218 valence electrons. The fourth-order valence-electron chi connectivity index (χ4n) is 6.58. The summed E-state index contributed by atoms with van der Waals surface area (Å²) in [7, 11) is 0. The molecule has 8 N–H and O–H groups in total. The van der Waals surface area contributed by atoms with Gasteiger partial charge < -0.3 is 27.8 Å². The van der Waals surface area contributed by atoms with Gasteiger partial charge in [-0.2, -0.15) is 0 Å². The van der Waals surface area contributed by atoms with Crippen LogP contribution in [0.2, 0.25) is 0 Å². The highest BCUT2D eigenvalue weighted by molar-refractivity contribution is 5.84. The van der Waals surface area contributed by atoms with Gasteiger partial charge in [0, 0.05) is 22.9 Å². The standard InChI is InChI=1S/C33H48N4.C2H5N/c1-23-7-5-6-8-29(23)31(34)21-30(32(35)36)27-13-11-25(12-14-27)26-17-19-37(20-18-26)28-15-9-24(10-16-28)22-33(2,3)4;1-2-3/h5-8,11-14,21,24,26,28H,9-10,15-20,22,34-36H2,1-4H3;2H,1,3H2/b31-21-;. The largest absolute Gasteiger partial charge is 0.405 e. The first-order valence-electron chi connectivity index (χ1n) is 15.0. The summed E-state index contributed by atoms with van der Waals surface area (Å²) in [6.45, 7) is 14.8. The summed E-state index contributed by atoms with van der Waals surface area (Å²) >= 11 is 0. The summed E-state index contributed by atoms with van der Waals surface area (Å²) in [4.78, 5) is 2.79. The Morgan fingerprint density at radius 3 is 2.00 bits per heavy atom. The third kappa shape index (κ3) is 8.92. The van der Waals surface area contributed by atoms with Crippen LogP contribution < -0.4 is 22.9 Å². The van der Waals surface area contributed by atoms with Crippen LogP contribution in [0.3, 0.4) is 0 Å². The first-order chi connectivity index (χ1) is 19.0. The monoisotopic (exact) mass is 543 g/mol. The zero-order chi connectivity index (χ0) is 29.3. The summed E-state index contributed by atoms with van der Waals surface area (Å²) < 4.78 is 0. The lowest BCUT2D eigenvalue weighted by atomic mass is 9.76. The number of hydrogen-bond acceptors (Lipinski definition) is 5. The number of allylic oxidation sites excluding steroid dienone is 2. The van der Waals surface area contributed by atoms with E-state index in [0.717, 1.165) is 34.2 Å². The van der Waals surface area contributed by atoms with Crippen LogP contribution in [0.15, 0.2) is 73.2 Å². The number of nitrogens with two attached hydrogens (primary N) is 4. The van der Waals surface area contributed by atoms with Gasteiger partial charge in [-0.25, -0.2) is 0 Å². The van der Waals surface area contributed by atoms with Crippen LogP contribution >= 0.6 is 0 Å². The van der Waals surface area contributed by atoms with Gasteiger partial charge in [-0.15, -0.1) is 0 Å². The van der Waals surface area contributed by atoms with Gasteiger partial charge in [0.05, 0.1) is 0 Å². The number of piperidine rings is 1. The third-order valence-electron chi connectivity index (χ3n) is 8.52. The Bertz CT molecular complexity index is 1140. The van der Waals surface area contributed by atoms with E-state index in [9.17, 15) is 0 Å². The van der Waals surface area contributed by atoms with Gasteiger partial charge in [-0.3, -0.25) is 0 Å². The van der Waals surface area contributed by atoms with Crippen LogP contribution in [-0.2, 0) is 0 Å². The molecule has 40 heavy (non-hydrogen) atoms. The minimum atomic E-state index is 0.287. The van der Waals surface area contributed by atoms with Crippen molar-refractivity contribution in [2.24, 2.45) is 34.3 Å². The molecule has 2 aromatic rings. The minimum absolute atomic E-state index is 0.287. The van der Waals surface area contributed by atoms with E-state index >= 15 is 0 Å². The maximum Gasteiger partial charge on any atom is 0.101 e. The lowest BCUT2D eigenvalue weighted by molar-refractivity contribution is 0.0977. The van der Waals surface area contributed by atoms with Gasteiger partial charge >= 0.3 is 0 Å². The molecule has 1 saturated carbocycles. The lowest BCUT2D eigenvalue weighted by Crippen LogP contribution is -2.43. The molecule has 0 aromatic heterocycles. The van der Waals surface area contributed by atoms with Crippen molar-refractivity contribution in [1.82, 2.24) is 4.90 Å². The molecule has 4 rings (SSSR count). The molecule has 5 nitrogen and oxygen atoms in total. The highest BCUT2D eigenvalue weighted by Crippen LogP contribution is 2.38. The van der Waals surface area contributed by atoms with E-state index in [4.69, 9.17) is 17.2 Å². The van der Waals surface area contributed by atoms with Crippen LogP contribution in [0, 0.1) is 18.3 Å². The van der Waals surface area contributed by atoms with Gasteiger partial charge in [0.25, 0.3) is 0 Å². The highest BCUT2D eigenvalue weighted by atomic mass is 15.2. The van der Waals surface area contributed by atoms with Crippen molar-refractivity contribution in [1.29, 1.82) is 0 Å². The second kappa shape index (κ2) is 14.5. The number of likely N-dealkylation sites (tertiary alicyclic amines) is 1. The van der Waals surface area contributed by atoms with Crippen LogP contribution in [0.1, 0.15) is 93.9 Å². The molecule has 0 bridgehead atoms. The lowest BCUT2D eigenvalue weighted by Gasteiger charge is -2.41. The molecular formula is C35H53N5. The van der Waals surface area contributed by atoms with E-state index in [-0.39, 0.29) is 5.82 Å². The molecule has 0 unspecified atom stereocenters. The maximum atomic E-state index is 6.44. The predicted octanol–water partition coefficient (Wildman–Crippen LogP) is 6.84. The Morgan fingerprint density at radius 1 is 0.900 bits per heavy atom. The van der Waals surface area contributed by atoms with Gasteiger partial charge in [0.1, 0.15) is 5.82 Å². The summed E-state index contributed by atoms with van der Waals surface area (Å²) in [5.74, 6) is 1.84. The molecule has 1 saturated heterocycles. The van der Waals surface area contributed by atoms with E-state index in [1.807, 2.05) is 24.3 Å². The molecule has 2 aliphatic rings. The number of hydrogen-bond donors (Lipinski definition) is 4. The van der Waals surface area contributed by atoms with E-state index in [1.54, 1.807) is 0 Å².